The van der Waals surface area contributed by atoms with E-state index in [0.717, 1.165) is 11.3 Å². The normalized spacial score (nSPS) is 19.4. The molecule has 212 valence electrons. The number of ether oxygens (including phenoxy) is 1. The van der Waals surface area contributed by atoms with E-state index < -0.39 is 34.9 Å². The Hall–Kier alpha value is -4.12. The van der Waals surface area contributed by atoms with Gasteiger partial charge in [0, 0.05) is 31.6 Å². The van der Waals surface area contributed by atoms with Gasteiger partial charge in [0.05, 0.1) is 5.71 Å². The minimum Gasteiger partial charge on any atom is -0.491 e. The number of hydrogen-bond donors (Lipinski definition) is 3. The van der Waals surface area contributed by atoms with Gasteiger partial charge in [-0.15, -0.1) is 0 Å². The van der Waals surface area contributed by atoms with Gasteiger partial charge in [0.2, 0.25) is 11.8 Å². The number of likely N-dealkylation sites (tertiary alicyclic amines) is 1. The monoisotopic (exact) mass is 569 g/mol. The van der Waals surface area contributed by atoms with Crippen LogP contribution in [0, 0.1) is 5.41 Å². The second kappa shape index (κ2) is 11.5. The molecule has 0 aliphatic carbocycles. The summed E-state index contributed by atoms with van der Waals surface area (Å²) in [6, 6.07) is 15.0. The predicted molar refractivity (Wildman–Crippen MR) is 148 cm³/mol. The zero-order valence-corrected chi connectivity index (χ0v) is 23.3. The molecular weight excluding hydrogens is 538 g/mol. The maximum atomic E-state index is 13.9. The quantitative estimate of drug-likeness (QED) is 0.424. The number of carboxylic acid groups (broad SMARTS) is 1. The van der Waals surface area contributed by atoms with Gasteiger partial charge in [-0.3, -0.25) is 14.4 Å². The van der Waals surface area contributed by atoms with Gasteiger partial charge in [-0.1, -0.05) is 48.0 Å². The molecule has 2 aliphatic rings. The third-order valence-corrected chi connectivity index (χ3v) is 7.30. The van der Waals surface area contributed by atoms with Crippen molar-refractivity contribution in [2.24, 2.45) is 10.5 Å². The predicted octanol–water partition coefficient (Wildman–Crippen LogP) is 2.54. The van der Waals surface area contributed by atoms with E-state index in [4.69, 9.17) is 21.4 Å². The van der Waals surface area contributed by atoms with Gasteiger partial charge in [0.1, 0.15) is 29.4 Å². The second-order valence-corrected chi connectivity index (χ2v) is 10.9. The third-order valence-electron chi connectivity index (χ3n) is 7.07. The molecule has 40 heavy (non-hydrogen) atoms. The van der Waals surface area contributed by atoms with E-state index in [0.29, 0.717) is 23.6 Å². The van der Waals surface area contributed by atoms with Crippen molar-refractivity contribution in [1.29, 1.82) is 0 Å². The van der Waals surface area contributed by atoms with E-state index in [9.17, 15) is 19.2 Å². The molecule has 0 aromatic heterocycles. The minimum atomic E-state index is -1.53. The lowest BCUT2D eigenvalue weighted by Gasteiger charge is -2.40. The lowest BCUT2D eigenvalue weighted by atomic mass is 9.73. The first kappa shape index (κ1) is 28.9. The lowest BCUT2D eigenvalue weighted by molar-refractivity contribution is -0.143. The molecule has 3 N–H and O–H groups in total. The van der Waals surface area contributed by atoms with Gasteiger partial charge >= 0.3 is 6.09 Å². The van der Waals surface area contributed by atoms with Crippen LogP contribution in [-0.4, -0.2) is 82.9 Å². The second-order valence-electron chi connectivity index (χ2n) is 10.5. The van der Waals surface area contributed by atoms with Gasteiger partial charge in [-0.2, -0.15) is 5.10 Å². The highest BCUT2D eigenvalue weighted by molar-refractivity contribution is 6.30. The molecule has 4 amide bonds. The summed E-state index contributed by atoms with van der Waals surface area (Å²) in [5, 5.41) is 20.2. The molecule has 2 aliphatic heterocycles. The summed E-state index contributed by atoms with van der Waals surface area (Å²) in [4.78, 5) is 53.3. The molecule has 2 aromatic rings. The molecular formula is C28H32ClN5O6. The molecule has 4 rings (SSSR count). The molecule has 0 bridgehead atoms. The number of fused-ring (bicyclic) bond motifs is 1. The summed E-state index contributed by atoms with van der Waals surface area (Å²) >= 11 is 6.06. The number of carbonyl (C=O) groups excluding carboxylic acids is 3. The number of carbonyl (C=O) groups is 4. The first-order valence-corrected chi connectivity index (χ1v) is 13.2. The smallest absolute Gasteiger partial charge is 0.405 e. The number of nitrogens with one attached hydrogen (secondary N) is 2. The van der Waals surface area contributed by atoms with Crippen LogP contribution in [0.5, 0.6) is 5.75 Å². The van der Waals surface area contributed by atoms with Crippen LogP contribution >= 0.6 is 11.6 Å². The van der Waals surface area contributed by atoms with Crippen LogP contribution < -0.4 is 15.4 Å². The Kier molecular flexibility index (Phi) is 8.34. The van der Waals surface area contributed by atoms with Crippen LogP contribution in [0.25, 0.3) is 0 Å². The molecule has 0 spiro atoms. The van der Waals surface area contributed by atoms with Crippen molar-refractivity contribution < 1.29 is 29.0 Å². The lowest BCUT2D eigenvalue weighted by Crippen LogP contribution is -2.62. The number of nitrogens with zero attached hydrogens (tertiary/aromatic N) is 3. The molecule has 2 atom stereocenters. The maximum absolute atomic E-state index is 13.9. The number of benzene rings is 2. The fourth-order valence-corrected chi connectivity index (χ4v) is 5.19. The fraction of sp³-hybridized carbons (Fsp3) is 0.393. The number of amides is 4. The molecule has 0 saturated carbocycles. The topological polar surface area (TPSA) is 141 Å². The van der Waals surface area contributed by atoms with E-state index >= 15 is 0 Å². The van der Waals surface area contributed by atoms with Gasteiger partial charge in [-0.25, -0.2) is 9.80 Å². The molecule has 2 heterocycles. The van der Waals surface area contributed by atoms with E-state index in [1.807, 2.05) is 30.3 Å². The van der Waals surface area contributed by atoms with Crippen molar-refractivity contribution in [3.8, 4) is 5.75 Å². The Labute approximate surface area is 237 Å². The van der Waals surface area contributed by atoms with Gasteiger partial charge in [0.15, 0.2) is 0 Å². The summed E-state index contributed by atoms with van der Waals surface area (Å²) in [5.41, 5.74) is -0.906. The summed E-state index contributed by atoms with van der Waals surface area (Å²) in [5.74, 6) is -0.983. The highest BCUT2D eigenvalue weighted by atomic mass is 35.5. The van der Waals surface area contributed by atoms with Gasteiger partial charge < -0.3 is 25.4 Å². The largest absolute Gasteiger partial charge is 0.491 e. The summed E-state index contributed by atoms with van der Waals surface area (Å²) in [6.07, 6.45) is -0.630. The zero-order valence-electron chi connectivity index (χ0n) is 22.5. The number of hydrogen-bond acceptors (Lipinski definition) is 6. The van der Waals surface area contributed by atoms with Crippen LogP contribution in [0.15, 0.2) is 59.7 Å². The number of hydrazone groups is 1. The van der Waals surface area contributed by atoms with E-state index in [-0.39, 0.29) is 25.6 Å². The molecule has 0 radical (unpaired) electrons. The fourth-order valence-electron chi connectivity index (χ4n) is 5.01. The van der Waals surface area contributed by atoms with E-state index in [1.165, 1.54) is 18.9 Å². The Morgan fingerprint density at radius 3 is 2.58 bits per heavy atom. The molecule has 12 heteroatoms. The summed E-state index contributed by atoms with van der Waals surface area (Å²) < 4.78 is 5.82. The van der Waals surface area contributed by atoms with Crippen molar-refractivity contribution in [3.05, 3.63) is 65.2 Å². The summed E-state index contributed by atoms with van der Waals surface area (Å²) in [7, 11) is 1.60. The van der Waals surface area contributed by atoms with Crippen molar-refractivity contribution in [2.45, 2.75) is 38.3 Å². The van der Waals surface area contributed by atoms with E-state index in [1.54, 1.807) is 36.2 Å². The number of rotatable bonds is 9. The average Bonchev–Trinajstić information content (AvgIpc) is 3.14. The number of piperidine rings is 1. The Morgan fingerprint density at radius 1 is 1.18 bits per heavy atom. The van der Waals surface area contributed by atoms with Crippen molar-refractivity contribution in [2.75, 3.05) is 26.7 Å². The highest BCUT2D eigenvalue weighted by Gasteiger charge is 2.54. The van der Waals surface area contributed by atoms with Crippen molar-refractivity contribution in [3.63, 3.8) is 0 Å². The van der Waals surface area contributed by atoms with Gasteiger partial charge in [0.25, 0.3) is 5.91 Å². The molecule has 1 fully saturated rings. The Morgan fingerprint density at radius 2 is 1.90 bits per heavy atom. The summed E-state index contributed by atoms with van der Waals surface area (Å²) in [6.45, 7) is 2.90. The molecule has 0 unspecified atom stereocenters. The van der Waals surface area contributed by atoms with Crippen LogP contribution in [0.3, 0.4) is 0 Å². The molecule has 2 aromatic carbocycles. The molecule has 11 nitrogen and oxygen atoms in total. The highest BCUT2D eigenvalue weighted by Crippen LogP contribution is 2.38. The Balaban J connectivity index is 1.60. The SMILES string of the molecule is CN1N=C2CCN(C(=O)[C@@H](COc3cccc(Cl)c3)NC(=O)C(C)(C)NC(=O)O)C[C@@]2(Cc2ccccc2)C1=O. The standard InChI is InChI=1S/C28H32ClN5O6/c1-27(2,31-26(38)39)24(36)30-21(16-40-20-11-7-10-19(29)14-20)23(35)34-13-12-22-28(17-34,25(37)33(3)32-22)15-18-8-5-4-6-9-18/h4-11,14,21,31H,12-13,15-17H2,1-3H3,(H,30,36)(H,38,39)/t21-,28-/m1/s1. The minimum absolute atomic E-state index is 0.0725. The van der Waals surface area contributed by atoms with Crippen LogP contribution in [0.1, 0.15) is 25.8 Å². The Bertz CT molecular complexity index is 1330. The number of halogens is 1. The van der Waals surface area contributed by atoms with Crippen LogP contribution in [0.4, 0.5) is 4.79 Å². The third kappa shape index (κ3) is 6.20. The zero-order chi connectivity index (χ0) is 29.1. The van der Waals surface area contributed by atoms with Gasteiger partial charge in [-0.05, 0) is 44.0 Å². The van der Waals surface area contributed by atoms with Crippen molar-refractivity contribution >= 4 is 41.1 Å². The van der Waals surface area contributed by atoms with Crippen LogP contribution in [0.2, 0.25) is 5.02 Å². The van der Waals surface area contributed by atoms with Crippen molar-refractivity contribution in [1.82, 2.24) is 20.5 Å². The first-order valence-electron chi connectivity index (χ1n) is 12.8. The van der Waals surface area contributed by atoms with Crippen LogP contribution in [-0.2, 0) is 20.8 Å². The van der Waals surface area contributed by atoms with E-state index in [2.05, 4.69) is 15.7 Å². The first-order chi connectivity index (χ1) is 18.9. The maximum Gasteiger partial charge on any atom is 0.405 e. The molecule has 1 saturated heterocycles. The average molecular weight is 570 g/mol.